The lowest BCUT2D eigenvalue weighted by Crippen LogP contribution is -2.31. The van der Waals surface area contributed by atoms with Gasteiger partial charge in [-0.1, -0.05) is 0 Å². The van der Waals surface area contributed by atoms with Crippen LogP contribution in [-0.4, -0.2) is 37.5 Å². The molecule has 1 aromatic carbocycles. The number of aromatic nitrogens is 1. The predicted octanol–water partition coefficient (Wildman–Crippen LogP) is 2.18. The molecule has 0 bridgehead atoms. The van der Waals surface area contributed by atoms with E-state index in [1.807, 2.05) is 24.3 Å². The van der Waals surface area contributed by atoms with Gasteiger partial charge in [-0.3, -0.25) is 4.98 Å². The maximum Gasteiger partial charge on any atom is 0.170 e. The van der Waals surface area contributed by atoms with Gasteiger partial charge >= 0.3 is 0 Å². The molecule has 2 aromatic rings. The van der Waals surface area contributed by atoms with Crippen LogP contribution < -0.4 is 15.4 Å². The standard InChI is InChI=1S/C14H17N3O2S/c1-18-9-8-16-14(20)17-11-5-6-12(19-2)13-10(11)4-3-7-15-13/h3-7H,8-9H2,1-2H3,(H2,16,17,20). The first kappa shape index (κ1) is 14.5. The number of pyridine rings is 1. The van der Waals surface area contributed by atoms with Crippen molar-refractivity contribution < 1.29 is 9.47 Å². The lowest BCUT2D eigenvalue weighted by molar-refractivity contribution is 0.204. The monoisotopic (exact) mass is 291 g/mol. The highest BCUT2D eigenvalue weighted by molar-refractivity contribution is 7.80. The van der Waals surface area contributed by atoms with Gasteiger partial charge < -0.3 is 20.1 Å². The van der Waals surface area contributed by atoms with Gasteiger partial charge in [0.1, 0.15) is 11.3 Å². The van der Waals surface area contributed by atoms with E-state index in [2.05, 4.69) is 15.6 Å². The van der Waals surface area contributed by atoms with Crippen molar-refractivity contribution in [3.8, 4) is 5.75 Å². The van der Waals surface area contributed by atoms with E-state index < -0.39 is 0 Å². The molecule has 20 heavy (non-hydrogen) atoms. The van der Waals surface area contributed by atoms with Gasteiger partial charge in [-0.2, -0.15) is 0 Å². The van der Waals surface area contributed by atoms with E-state index >= 15 is 0 Å². The van der Waals surface area contributed by atoms with Crippen LogP contribution in [-0.2, 0) is 4.74 Å². The Labute approximate surface area is 123 Å². The number of hydrogen-bond acceptors (Lipinski definition) is 4. The molecule has 106 valence electrons. The second kappa shape index (κ2) is 7.02. The van der Waals surface area contributed by atoms with Gasteiger partial charge in [0.15, 0.2) is 5.11 Å². The fourth-order valence-corrected chi connectivity index (χ4v) is 2.07. The number of benzene rings is 1. The summed E-state index contributed by atoms with van der Waals surface area (Å²) in [5.41, 5.74) is 1.70. The zero-order chi connectivity index (χ0) is 14.4. The van der Waals surface area contributed by atoms with Crippen LogP contribution in [0.25, 0.3) is 10.9 Å². The molecule has 0 atom stereocenters. The minimum atomic E-state index is 0.553. The lowest BCUT2D eigenvalue weighted by Gasteiger charge is -2.13. The number of thiocarbonyl (C=S) groups is 1. The average molecular weight is 291 g/mol. The summed E-state index contributed by atoms with van der Waals surface area (Å²) in [5.74, 6) is 0.740. The van der Waals surface area contributed by atoms with Gasteiger partial charge in [-0.15, -0.1) is 0 Å². The van der Waals surface area contributed by atoms with E-state index in [9.17, 15) is 0 Å². The van der Waals surface area contributed by atoms with Crippen molar-refractivity contribution in [2.24, 2.45) is 0 Å². The molecule has 0 saturated carbocycles. The molecule has 0 aliphatic rings. The van der Waals surface area contributed by atoms with Crippen LogP contribution in [0.3, 0.4) is 0 Å². The smallest absolute Gasteiger partial charge is 0.170 e. The van der Waals surface area contributed by atoms with Gasteiger partial charge in [-0.25, -0.2) is 0 Å². The summed E-state index contributed by atoms with van der Waals surface area (Å²) < 4.78 is 10.3. The number of ether oxygens (including phenoxy) is 2. The number of rotatable bonds is 5. The summed E-state index contributed by atoms with van der Waals surface area (Å²) in [6, 6.07) is 7.65. The maximum atomic E-state index is 5.31. The van der Waals surface area contributed by atoms with Crippen molar-refractivity contribution in [2.45, 2.75) is 0 Å². The summed E-state index contributed by atoms with van der Waals surface area (Å²) in [5, 5.41) is 7.75. The van der Waals surface area contributed by atoms with Crippen molar-refractivity contribution in [1.82, 2.24) is 10.3 Å². The van der Waals surface area contributed by atoms with E-state index in [0.717, 1.165) is 22.3 Å². The van der Waals surface area contributed by atoms with Crippen LogP contribution in [0.2, 0.25) is 0 Å². The Bertz CT molecular complexity index is 604. The fourth-order valence-electron chi connectivity index (χ4n) is 1.85. The highest BCUT2D eigenvalue weighted by atomic mass is 32.1. The van der Waals surface area contributed by atoms with Gasteiger partial charge in [0.2, 0.25) is 0 Å². The molecular formula is C14H17N3O2S. The summed E-state index contributed by atoms with van der Waals surface area (Å²) in [6.07, 6.45) is 1.74. The molecule has 0 radical (unpaired) electrons. The number of anilines is 1. The summed E-state index contributed by atoms with van der Waals surface area (Å²) in [4.78, 5) is 4.35. The Morgan fingerprint density at radius 2 is 2.15 bits per heavy atom. The quantitative estimate of drug-likeness (QED) is 0.650. The van der Waals surface area contributed by atoms with Crippen molar-refractivity contribution in [1.29, 1.82) is 0 Å². The number of nitrogens with zero attached hydrogens (tertiary/aromatic N) is 1. The zero-order valence-electron chi connectivity index (χ0n) is 11.5. The first-order chi connectivity index (χ1) is 9.76. The molecular weight excluding hydrogens is 274 g/mol. The number of nitrogens with one attached hydrogen (secondary N) is 2. The Kier molecular flexibility index (Phi) is 5.09. The first-order valence-corrected chi connectivity index (χ1v) is 6.62. The molecule has 0 unspecified atom stereocenters. The zero-order valence-corrected chi connectivity index (χ0v) is 12.3. The Morgan fingerprint density at radius 1 is 1.30 bits per heavy atom. The number of fused-ring (bicyclic) bond motifs is 1. The van der Waals surface area contributed by atoms with Crippen LogP contribution in [0.15, 0.2) is 30.5 Å². The molecule has 1 aromatic heterocycles. The van der Waals surface area contributed by atoms with Crippen LogP contribution >= 0.6 is 12.2 Å². The number of hydrogen-bond donors (Lipinski definition) is 2. The molecule has 0 aliphatic carbocycles. The fraction of sp³-hybridized carbons (Fsp3) is 0.286. The molecule has 5 nitrogen and oxygen atoms in total. The molecule has 1 heterocycles. The molecule has 0 spiro atoms. The van der Waals surface area contributed by atoms with Gasteiger partial charge in [-0.05, 0) is 36.5 Å². The Balaban J connectivity index is 2.20. The number of methoxy groups -OCH3 is 2. The third-order valence-electron chi connectivity index (χ3n) is 2.79. The molecule has 2 N–H and O–H groups in total. The van der Waals surface area contributed by atoms with Gasteiger partial charge in [0.05, 0.1) is 13.7 Å². The van der Waals surface area contributed by atoms with Gasteiger partial charge in [0.25, 0.3) is 0 Å². The van der Waals surface area contributed by atoms with Crippen molar-refractivity contribution in [2.75, 3.05) is 32.7 Å². The summed E-state index contributed by atoms with van der Waals surface area (Å²) in [7, 11) is 3.29. The highest BCUT2D eigenvalue weighted by Crippen LogP contribution is 2.29. The molecule has 2 rings (SSSR count). The third kappa shape index (κ3) is 3.34. The SMILES string of the molecule is COCCNC(=S)Nc1ccc(OC)c2ncccc12. The van der Waals surface area contributed by atoms with Gasteiger partial charge in [0, 0.05) is 30.9 Å². The van der Waals surface area contributed by atoms with Crippen molar-refractivity contribution >= 4 is 33.9 Å². The molecule has 0 amide bonds. The summed E-state index contributed by atoms with van der Waals surface area (Å²) >= 11 is 5.24. The van der Waals surface area contributed by atoms with E-state index in [-0.39, 0.29) is 0 Å². The lowest BCUT2D eigenvalue weighted by atomic mass is 10.1. The van der Waals surface area contributed by atoms with Crippen LogP contribution in [0, 0.1) is 0 Å². The largest absolute Gasteiger partial charge is 0.494 e. The Morgan fingerprint density at radius 3 is 2.90 bits per heavy atom. The second-order valence-electron chi connectivity index (χ2n) is 4.09. The molecule has 0 aliphatic heterocycles. The average Bonchev–Trinajstić information content (AvgIpc) is 2.48. The minimum Gasteiger partial charge on any atom is -0.494 e. The van der Waals surface area contributed by atoms with Crippen LogP contribution in [0.4, 0.5) is 5.69 Å². The topological polar surface area (TPSA) is 55.4 Å². The predicted molar refractivity (Wildman–Crippen MR) is 84.4 cm³/mol. The third-order valence-corrected chi connectivity index (χ3v) is 3.04. The van der Waals surface area contributed by atoms with Crippen LogP contribution in [0.5, 0.6) is 5.75 Å². The van der Waals surface area contributed by atoms with E-state index in [1.165, 1.54) is 0 Å². The van der Waals surface area contributed by atoms with Crippen molar-refractivity contribution in [3.63, 3.8) is 0 Å². The van der Waals surface area contributed by atoms with E-state index in [1.54, 1.807) is 20.4 Å². The highest BCUT2D eigenvalue weighted by Gasteiger charge is 2.08. The normalized spacial score (nSPS) is 10.3. The van der Waals surface area contributed by atoms with Crippen molar-refractivity contribution in [3.05, 3.63) is 30.5 Å². The second-order valence-corrected chi connectivity index (χ2v) is 4.50. The molecule has 6 heteroatoms. The van der Waals surface area contributed by atoms with Crippen LogP contribution in [0.1, 0.15) is 0 Å². The summed E-state index contributed by atoms with van der Waals surface area (Å²) in [6.45, 7) is 1.27. The molecule has 0 saturated heterocycles. The maximum absolute atomic E-state index is 5.31. The van der Waals surface area contributed by atoms with E-state index in [0.29, 0.717) is 18.3 Å². The van der Waals surface area contributed by atoms with E-state index in [4.69, 9.17) is 21.7 Å². The minimum absolute atomic E-state index is 0.553. The first-order valence-electron chi connectivity index (χ1n) is 6.21. The Hall–Kier alpha value is -1.92. The molecule has 0 fully saturated rings.